The van der Waals surface area contributed by atoms with E-state index in [1.807, 2.05) is 6.92 Å². The summed E-state index contributed by atoms with van der Waals surface area (Å²) in [7, 11) is 0. The Morgan fingerprint density at radius 3 is 2.79 bits per heavy atom. The van der Waals surface area contributed by atoms with Crippen molar-refractivity contribution in [2.75, 3.05) is 0 Å². The maximum absolute atomic E-state index is 11.6. The fourth-order valence-electron chi connectivity index (χ4n) is 1.87. The minimum Gasteiger partial charge on any atom is -0.293 e. The highest BCUT2D eigenvalue weighted by atomic mass is 35.5. The van der Waals surface area contributed by atoms with Gasteiger partial charge in [0.15, 0.2) is 5.78 Å². The average molecular weight is 229 g/mol. The zero-order valence-electron chi connectivity index (χ0n) is 8.23. The molecule has 1 aliphatic rings. The van der Waals surface area contributed by atoms with Crippen molar-refractivity contribution < 1.29 is 4.79 Å². The van der Waals surface area contributed by atoms with Crippen LogP contribution in [-0.2, 0) is 12.8 Å². The van der Waals surface area contributed by atoms with E-state index in [9.17, 15) is 4.79 Å². The van der Waals surface area contributed by atoms with Gasteiger partial charge in [0, 0.05) is 11.3 Å². The second-order valence-electron chi connectivity index (χ2n) is 3.63. The lowest BCUT2D eigenvalue weighted by Gasteiger charge is -2.09. The number of carbonyl (C=O) groups excluding carboxylic acids is 1. The van der Waals surface area contributed by atoms with E-state index in [1.54, 1.807) is 11.3 Å². The lowest BCUT2D eigenvalue weighted by molar-refractivity contribution is 0.0992. The second-order valence-corrected chi connectivity index (χ2v) is 5.11. The molecule has 0 atom stereocenters. The Bertz CT molecular complexity index is 368. The van der Waals surface area contributed by atoms with Crippen molar-refractivity contribution in [2.45, 2.75) is 39.0 Å². The Balaban J connectivity index is 2.43. The van der Waals surface area contributed by atoms with Crippen molar-refractivity contribution in [3.63, 3.8) is 0 Å². The number of fused-ring (bicyclic) bond motifs is 1. The number of hydrogen-bond donors (Lipinski definition) is 0. The molecule has 1 aromatic rings. The highest BCUT2D eigenvalue weighted by Crippen LogP contribution is 2.38. The smallest absolute Gasteiger partial charge is 0.174 e. The standard InChI is InChI=1S/C11H13ClOS/c1-2-8(13)11-10(12)7-5-3-4-6-9(7)14-11/h2-6H2,1H3. The molecule has 0 aromatic carbocycles. The first-order valence-corrected chi connectivity index (χ1v) is 6.26. The van der Waals surface area contributed by atoms with Crippen LogP contribution in [0.4, 0.5) is 0 Å². The van der Waals surface area contributed by atoms with E-state index in [0.717, 1.165) is 22.7 Å². The van der Waals surface area contributed by atoms with Gasteiger partial charge >= 0.3 is 0 Å². The Hall–Kier alpha value is -0.340. The Morgan fingerprint density at radius 2 is 2.14 bits per heavy atom. The van der Waals surface area contributed by atoms with E-state index in [-0.39, 0.29) is 5.78 Å². The summed E-state index contributed by atoms with van der Waals surface area (Å²) in [5.74, 6) is 0.189. The molecule has 0 saturated heterocycles. The second kappa shape index (κ2) is 4.03. The van der Waals surface area contributed by atoms with Gasteiger partial charge in [0.25, 0.3) is 0 Å². The minimum absolute atomic E-state index is 0.189. The number of Topliss-reactive ketones (excluding diaryl/α,β-unsaturated/α-hetero) is 1. The molecular weight excluding hydrogens is 216 g/mol. The summed E-state index contributed by atoms with van der Waals surface area (Å²) < 4.78 is 0. The van der Waals surface area contributed by atoms with Gasteiger partial charge in [0.05, 0.1) is 9.90 Å². The van der Waals surface area contributed by atoms with E-state index in [1.165, 1.54) is 23.3 Å². The van der Waals surface area contributed by atoms with Crippen LogP contribution in [0.15, 0.2) is 0 Å². The van der Waals surface area contributed by atoms with Crippen LogP contribution in [0, 0.1) is 0 Å². The highest BCUT2D eigenvalue weighted by Gasteiger charge is 2.22. The van der Waals surface area contributed by atoms with Crippen molar-refractivity contribution in [3.8, 4) is 0 Å². The fourth-order valence-corrected chi connectivity index (χ4v) is 3.64. The predicted molar refractivity (Wildman–Crippen MR) is 60.6 cm³/mol. The van der Waals surface area contributed by atoms with Crippen LogP contribution in [0.5, 0.6) is 0 Å². The number of thiophene rings is 1. The van der Waals surface area contributed by atoms with Gasteiger partial charge in [-0.1, -0.05) is 18.5 Å². The normalized spacial score (nSPS) is 15.3. The first kappa shape index (κ1) is 10.2. The molecule has 0 N–H and O–H groups in total. The summed E-state index contributed by atoms with van der Waals surface area (Å²) in [6, 6.07) is 0. The first-order chi connectivity index (χ1) is 6.74. The summed E-state index contributed by atoms with van der Waals surface area (Å²) in [5.41, 5.74) is 1.25. The van der Waals surface area contributed by atoms with Crippen molar-refractivity contribution in [1.29, 1.82) is 0 Å². The predicted octanol–water partition coefficient (Wildman–Crippen LogP) is 3.87. The number of halogens is 1. The zero-order chi connectivity index (χ0) is 10.1. The van der Waals surface area contributed by atoms with Crippen LogP contribution in [0.1, 0.15) is 46.3 Å². The van der Waals surface area contributed by atoms with Gasteiger partial charge in [-0.3, -0.25) is 4.79 Å². The molecule has 0 fully saturated rings. The molecule has 76 valence electrons. The van der Waals surface area contributed by atoms with E-state index >= 15 is 0 Å². The van der Waals surface area contributed by atoms with Crippen LogP contribution < -0.4 is 0 Å². The van der Waals surface area contributed by atoms with Gasteiger partial charge < -0.3 is 0 Å². The molecule has 2 rings (SSSR count). The third kappa shape index (κ3) is 1.61. The molecule has 0 amide bonds. The largest absolute Gasteiger partial charge is 0.293 e. The molecule has 14 heavy (non-hydrogen) atoms. The van der Waals surface area contributed by atoms with Gasteiger partial charge in [-0.05, 0) is 31.2 Å². The number of aryl methyl sites for hydroxylation is 1. The average Bonchev–Trinajstić information content (AvgIpc) is 2.56. The number of carbonyl (C=O) groups is 1. The van der Waals surface area contributed by atoms with Crippen LogP contribution in [-0.4, -0.2) is 5.78 Å². The number of rotatable bonds is 2. The van der Waals surface area contributed by atoms with E-state index < -0.39 is 0 Å². The molecule has 3 heteroatoms. The van der Waals surface area contributed by atoms with Crippen LogP contribution in [0.25, 0.3) is 0 Å². The highest BCUT2D eigenvalue weighted by molar-refractivity contribution is 7.15. The monoisotopic (exact) mass is 228 g/mol. The van der Waals surface area contributed by atoms with Gasteiger partial charge in [-0.25, -0.2) is 0 Å². The molecule has 1 nitrogen and oxygen atoms in total. The van der Waals surface area contributed by atoms with Gasteiger partial charge in [0.2, 0.25) is 0 Å². The molecule has 0 aliphatic heterocycles. The minimum atomic E-state index is 0.189. The quantitative estimate of drug-likeness (QED) is 0.703. The Labute approximate surface area is 93.1 Å². The fraction of sp³-hybridized carbons (Fsp3) is 0.545. The van der Waals surface area contributed by atoms with Crippen molar-refractivity contribution in [3.05, 3.63) is 20.3 Å². The summed E-state index contributed by atoms with van der Waals surface area (Å²) in [6.07, 6.45) is 5.17. The maximum atomic E-state index is 11.6. The van der Waals surface area contributed by atoms with Gasteiger partial charge in [-0.15, -0.1) is 11.3 Å². The summed E-state index contributed by atoms with van der Waals surface area (Å²) >= 11 is 7.82. The Kier molecular flexibility index (Phi) is 2.93. The van der Waals surface area contributed by atoms with Crippen LogP contribution in [0.2, 0.25) is 5.02 Å². The number of ketones is 1. The molecule has 1 aromatic heterocycles. The molecule has 0 saturated carbocycles. The SMILES string of the molecule is CCC(=O)c1sc2c(c1Cl)CCCC2. The molecule has 0 bridgehead atoms. The maximum Gasteiger partial charge on any atom is 0.174 e. The van der Waals surface area contributed by atoms with Crippen LogP contribution >= 0.6 is 22.9 Å². The first-order valence-electron chi connectivity index (χ1n) is 5.07. The topological polar surface area (TPSA) is 17.1 Å². The van der Waals surface area contributed by atoms with Gasteiger partial charge in [-0.2, -0.15) is 0 Å². The van der Waals surface area contributed by atoms with Crippen molar-refractivity contribution in [1.82, 2.24) is 0 Å². The lowest BCUT2D eigenvalue weighted by Crippen LogP contribution is -1.98. The van der Waals surface area contributed by atoms with E-state index in [0.29, 0.717) is 6.42 Å². The molecule has 0 spiro atoms. The summed E-state index contributed by atoms with van der Waals surface area (Å²) in [5, 5.41) is 0.747. The third-order valence-corrected chi connectivity index (χ3v) is 4.54. The Morgan fingerprint density at radius 1 is 1.43 bits per heavy atom. The molecule has 0 unspecified atom stereocenters. The van der Waals surface area contributed by atoms with Gasteiger partial charge in [0.1, 0.15) is 0 Å². The van der Waals surface area contributed by atoms with Crippen LogP contribution in [0.3, 0.4) is 0 Å². The van der Waals surface area contributed by atoms with E-state index in [2.05, 4.69) is 0 Å². The van der Waals surface area contributed by atoms with Crippen molar-refractivity contribution in [2.24, 2.45) is 0 Å². The van der Waals surface area contributed by atoms with Crippen molar-refractivity contribution >= 4 is 28.7 Å². The lowest BCUT2D eigenvalue weighted by atomic mass is 9.99. The number of hydrogen-bond acceptors (Lipinski definition) is 2. The van der Waals surface area contributed by atoms with E-state index in [4.69, 9.17) is 11.6 Å². The molecule has 1 heterocycles. The third-order valence-electron chi connectivity index (χ3n) is 2.68. The molecular formula is C11H13ClOS. The molecule has 1 aliphatic carbocycles. The molecule has 0 radical (unpaired) electrons. The zero-order valence-corrected chi connectivity index (χ0v) is 9.80. The summed E-state index contributed by atoms with van der Waals surface area (Å²) in [4.78, 5) is 13.7. The summed E-state index contributed by atoms with van der Waals surface area (Å²) in [6.45, 7) is 1.89.